The van der Waals surface area contributed by atoms with Crippen LogP contribution < -0.4 is 11.5 Å². The zero-order valence-corrected chi connectivity index (χ0v) is 21.0. The summed E-state index contributed by atoms with van der Waals surface area (Å²) < 4.78 is 26.7. The zero-order valence-electron chi connectivity index (χ0n) is 21.0. The molecule has 10 heteroatoms. The van der Waals surface area contributed by atoms with Crippen LogP contribution in [-0.4, -0.2) is 30.4 Å². The number of rotatable bonds is 4. The number of benzene rings is 4. The second-order valence-electron chi connectivity index (χ2n) is 8.49. The van der Waals surface area contributed by atoms with Crippen molar-refractivity contribution in [3.05, 3.63) is 121 Å². The van der Waals surface area contributed by atoms with Gasteiger partial charge in [0.25, 0.3) is 0 Å². The van der Waals surface area contributed by atoms with Crippen LogP contribution in [0.15, 0.2) is 109 Å². The Balaban J connectivity index is 0.000000161. The Labute approximate surface area is 228 Å². The monoisotopic (exact) mass is 532 g/mol. The maximum absolute atomic E-state index is 13.4. The molecule has 0 fully saturated rings. The van der Waals surface area contributed by atoms with E-state index >= 15 is 0 Å². The number of hydrogen-bond donors (Lipinski definition) is 2. The number of nitrogens with two attached hydrogens (primary N) is 2. The third-order valence-electron chi connectivity index (χ3n) is 5.70. The molecule has 4 N–H and O–H groups in total. The molecule has 6 aromatic rings. The van der Waals surface area contributed by atoms with Gasteiger partial charge < -0.3 is 11.5 Å². The fraction of sp³-hybridized carbons (Fsp3) is 0. The molecule has 196 valence electrons. The van der Waals surface area contributed by atoms with Gasteiger partial charge in [-0.05, 0) is 24.3 Å². The Bertz CT molecular complexity index is 1620. The van der Waals surface area contributed by atoms with Gasteiger partial charge in [-0.25, -0.2) is 18.7 Å². The first kappa shape index (κ1) is 26.0. The fourth-order valence-corrected chi connectivity index (χ4v) is 3.93. The van der Waals surface area contributed by atoms with Crippen LogP contribution in [0.5, 0.6) is 0 Å². The summed E-state index contributed by atoms with van der Waals surface area (Å²) in [4.78, 5) is 8.46. The van der Waals surface area contributed by atoms with Crippen LogP contribution >= 0.6 is 0 Å². The Morgan fingerprint density at radius 2 is 0.775 bits per heavy atom. The van der Waals surface area contributed by atoms with E-state index in [0.717, 1.165) is 11.1 Å². The predicted molar refractivity (Wildman–Crippen MR) is 150 cm³/mol. The van der Waals surface area contributed by atoms with Gasteiger partial charge in [0.1, 0.15) is 34.4 Å². The van der Waals surface area contributed by atoms with Gasteiger partial charge in [-0.1, -0.05) is 84.9 Å². The average molecular weight is 533 g/mol. The van der Waals surface area contributed by atoms with Gasteiger partial charge in [-0.2, -0.15) is 0 Å². The van der Waals surface area contributed by atoms with Gasteiger partial charge in [-0.15, -0.1) is 20.4 Å². The summed E-state index contributed by atoms with van der Waals surface area (Å²) in [6, 6.07) is 31.3. The molecule has 6 rings (SSSR count). The van der Waals surface area contributed by atoms with Crippen molar-refractivity contribution in [2.24, 2.45) is 0 Å². The first-order valence-corrected chi connectivity index (χ1v) is 12.1. The first-order valence-electron chi connectivity index (χ1n) is 12.1. The highest BCUT2D eigenvalue weighted by atomic mass is 19.1. The fourth-order valence-electron chi connectivity index (χ4n) is 3.93. The van der Waals surface area contributed by atoms with Crippen LogP contribution in [0.2, 0.25) is 0 Å². The molecule has 0 amide bonds. The normalized spacial score (nSPS) is 10.4. The van der Waals surface area contributed by atoms with Gasteiger partial charge in [-0.3, -0.25) is 0 Å². The number of hydrogen-bond acceptors (Lipinski definition) is 8. The lowest BCUT2D eigenvalue weighted by molar-refractivity contribution is 0.628. The van der Waals surface area contributed by atoms with E-state index in [1.54, 1.807) is 24.3 Å². The molecule has 0 atom stereocenters. The molecule has 0 saturated heterocycles. The lowest BCUT2D eigenvalue weighted by Crippen LogP contribution is -2.02. The van der Waals surface area contributed by atoms with Gasteiger partial charge in [0.05, 0.1) is 0 Å². The molecule has 0 aliphatic rings. The summed E-state index contributed by atoms with van der Waals surface area (Å²) >= 11 is 0. The Kier molecular flexibility index (Phi) is 7.68. The van der Waals surface area contributed by atoms with Gasteiger partial charge in [0.15, 0.2) is 0 Å². The molecule has 0 aliphatic carbocycles. The third kappa shape index (κ3) is 6.08. The lowest BCUT2D eigenvalue weighted by atomic mass is 10.0. The molecule has 8 nitrogen and oxygen atoms in total. The minimum Gasteiger partial charge on any atom is -0.366 e. The van der Waals surface area contributed by atoms with Crippen LogP contribution in [0, 0.1) is 11.6 Å². The topological polar surface area (TPSA) is 129 Å². The van der Waals surface area contributed by atoms with Crippen LogP contribution in [-0.2, 0) is 0 Å². The van der Waals surface area contributed by atoms with E-state index in [2.05, 4.69) is 30.4 Å². The minimum atomic E-state index is -0.333. The SMILES string of the molecule is Nc1nnc(-c2cccc(F)c2)c(-c2ccccc2)n1.Nc1nnc(-c2cccc(F)c2)c(-c2ccccc2)n1. The molecule has 0 aliphatic heterocycles. The van der Waals surface area contributed by atoms with Gasteiger partial charge in [0.2, 0.25) is 11.9 Å². The van der Waals surface area contributed by atoms with Crippen molar-refractivity contribution in [3.63, 3.8) is 0 Å². The summed E-state index contributed by atoms with van der Waals surface area (Å²) in [5.41, 5.74) is 16.3. The minimum absolute atomic E-state index is 0.0870. The molecule has 0 saturated carbocycles. The highest BCUT2D eigenvalue weighted by Crippen LogP contribution is 2.30. The highest BCUT2D eigenvalue weighted by Gasteiger charge is 2.14. The molecule has 4 aromatic carbocycles. The van der Waals surface area contributed by atoms with Crippen molar-refractivity contribution < 1.29 is 8.78 Å². The van der Waals surface area contributed by atoms with Crippen LogP contribution in [0.3, 0.4) is 0 Å². The summed E-state index contributed by atoms with van der Waals surface area (Å²) in [6.07, 6.45) is 0. The van der Waals surface area contributed by atoms with E-state index in [1.807, 2.05) is 60.7 Å². The molecule has 0 bridgehead atoms. The second-order valence-corrected chi connectivity index (χ2v) is 8.49. The number of halogens is 2. The van der Waals surface area contributed by atoms with E-state index in [1.165, 1.54) is 24.3 Å². The molecule has 0 spiro atoms. The quantitative estimate of drug-likeness (QED) is 0.289. The number of anilines is 2. The average Bonchev–Trinajstić information content (AvgIpc) is 2.98. The molecule has 2 heterocycles. The highest BCUT2D eigenvalue weighted by molar-refractivity contribution is 5.78. The van der Waals surface area contributed by atoms with E-state index in [0.29, 0.717) is 33.9 Å². The Hall–Kier alpha value is -5.64. The smallest absolute Gasteiger partial charge is 0.240 e. The predicted octanol–water partition coefficient (Wildman–Crippen LogP) is 5.85. The first-order chi connectivity index (χ1) is 19.5. The standard InChI is InChI=1S/2C15H11FN4/c2*16-12-8-4-7-11(9-12)14-13(18-15(17)20-19-14)10-5-2-1-3-6-10/h2*1-9H,(H2,17,18,20). The van der Waals surface area contributed by atoms with Crippen molar-refractivity contribution in [1.29, 1.82) is 0 Å². The van der Waals surface area contributed by atoms with Crippen LogP contribution in [0.1, 0.15) is 0 Å². The van der Waals surface area contributed by atoms with Crippen LogP contribution in [0.4, 0.5) is 20.7 Å². The molecule has 2 aromatic heterocycles. The van der Waals surface area contributed by atoms with E-state index in [4.69, 9.17) is 11.5 Å². The van der Waals surface area contributed by atoms with Gasteiger partial charge in [0, 0.05) is 22.3 Å². The van der Waals surface area contributed by atoms with E-state index in [-0.39, 0.29) is 23.5 Å². The van der Waals surface area contributed by atoms with Crippen molar-refractivity contribution in [2.75, 3.05) is 11.5 Å². The zero-order chi connectivity index (χ0) is 27.9. The molecule has 40 heavy (non-hydrogen) atoms. The van der Waals surface area contributed by atoms with E-state index in [9.17, 15) is 8.78 Å². The molecule has 0 radical (unpaired) electrons. The maximum Gasteiger partial charge on any atom is 0.240 e. The van der Waals surface area contributed by atoms with Crippen LogP contribution in [0.25, 0.3) is 45.0 Å². The summed E-state index contributed by atoms with van der Waals surface area (Å²) in [5.74, 6) is -0.492. The van der Waals surface area contributed by atoms with Crippen molar-refractivity contribution in [3.8, 4) is 45.0 Å². The molecular weight excluding hydrogens is 510 g/mol. The Morgan fingerprint density at radius 3 is 1.15 bits per heavy atom. The van der Waals surface area contributed by atoms with Crippen molar-refractivity contribution >= 4 is 11.9 Å². The number of aromatic nitrogens is 6. The summed E-state index contributed by atoms with van der Waals surface area (Å²) in [6.45, 7) is 0. The lowest BCUT2D eigenvalue weighted by Gasteiger charge is -2.08. The summed E-state index contributed by atoms with van der Waals surface area (Å²) in [5, 5.41) is 15.7. The number of nitrogens with zero attached hydrogens (tertiary/aromatic N) is 6. The number of nitrogen functional groups attached to an aromatic ring is 2. The second kappa shape index (κ2) is 11.8. The third-order valence-corrected chi connectivity index (χ3v) is 5.70. The Morgan fingerprint density at radius 1 is 0.400 bits per heavy atom. The molecular formula is C30H22F2N8. The summed E-state index contributed by atoms with van der Waals surface area (Å²) in [7, 11) is 0. The van der Waals surface area contributed by atoms with Crippen molar-refractivity contribution in [2.45, 2.75) is 0 Å². The van der Waals surface area contributed by atoms with Gasteiger partial charge >= 0.3 is 0 Å². The van der Waals surface area contributed by atoms with E-state index < -0.39 is 0 Å². The van der Waals surface area contributed by atoms with Crippen molar-refractivity contribution in [1.82, 2.24) is 30.4 Å². The molecule has 0 unspecified atom stereocenters. The maximum atomic E-state index is 13.4. The largest absolute Gasteiger partial charge is 0.366 e.